The average Bonchev–Trinajstić information content (AvgIpc) is 3.29. The number of carbonyl (C=O) groups excluding carboxylic acids is 3. The summed E-state index contributed by atoms with van der Waals surface area (Å²) in [4.78, 5) is 40.7. The van der Waals surface area contributed by atoms with Crippen LogP contribution in [0.1, 0.15) is 55.3 Å². The summed E-state index contributed by atoms with van der Waals surface area (Å²) in [6, 6.07) is 1.75. The maximum absolute atomic E-state index is 13.2. The SMILES string of the molecule is CCCc1cc(C(N)=O)c(N2C(=O)[C@@H]3[C@@H](C2=O)[C@H]2CC[C@@H]3C2=C(C)C)s1. The summed E-state index contributed by atoms with van der Waals surface area (Å²) in [5.41, 5.74) is 8.42. The van der Waals surface area contributed by atoms with E-state index in [1.54, 1.807) is 6.07 Å². The lowest BCUT2D eigenvalue weighted by atomic mass is 9.81. The maximum Gasteiger partial charge on any atom is 0.251 e. The molecule has 26 heavy (non-hydrogen) atoms. The number of imide groups is 1. The first-order valence-electron chi connectivity index (χ1n) is 9.34. The molecule has 0 radical (unpaired) electrons. The summed E-state index contributed by atoms with van der Waals surface area (Å²) in [5, 5.41) is 0.434. The molecule has 1 saturated heterocycles. The van der Waals surface area contributed by atoms with Crippen LogP contribution in [-0.2, 0) is 16.0 Å². The molecule has 2 heterocycles. The van der Waals surface area contributed by atoms with Crippen molar-refractivity contribution in [1.29, 1.82) is 0 Å². The Labute approximate surface area is 157 Å². The van der Waals surface area contributed by atoms with Crippen LogP contribution in [0.4, 0.5) is 5.00 Å². The van der Waals surface area contributed by atoms with E-state index >= 15 is 0 Å². The molecular formula is C20H24N2O3S. The van der Waals surface area contributed by atoms with Crippen molar-refractivity contribution in [3.63, 3.8) is 0 Å². The molecule has 5 nitrogen and oxygen atoms in total. The fourth-order valence-electron chi connectivity index (χ4n) is 5.34. The molecule has 1 aromatic heterocycles. The first-order valence-corrected chi connectivity index (χ1v) is 10.2. The second-order valence-electron chi connectivity index (χ2n) is 7.85. The van der Waals surface area contributed by atoms with Gasteiger partial charge in [0, 0.05) is 4.88 Å². The van der Waals surface area contributed by atoms with E-state index in [0.29, 0.717) is 10.6 Å². The molecular weight excluding hydrogens is 348 g/mol. The number of amides is 3. The third-order valence-corrected chi connectivity index (χ3v) is 7.34. The number of allylic oxidation sites excluding steroid dienone is 2. The van der Waals surface area contributed by atoms with E-state index in [9.17, 15) is 14.4 Å². The van der Waals surface area contributed by atoms with Gasteiger partial charge in [-0.2, -0.15) is 0 Å². The number of rotatable bonds is 4. The molecule has 2 aliphatic carbocycles. The molecule has 4 rings (SSSR count). The van der Waals surface area contributed by atoms with Crippen molar-refractivity contribution in [2.45, 2.75) is 46.5 Å². The number of aryl methyl sites for hydroxylation is 1. The summed E-state index contributed by atoms with van der Waals surface area (Å²) < 4.78 is 0. The van der Waals surface area contributed by atoms with Gasteiger partial charge in [-0.1, -0.05) is 24.5 Å². The smallest absolute Gasteiger partial charge is 0.251 e. The molecule has 3 aliphatic rings. The van der Waals surface area contributed by atoms with Crippen LogP contribution in [0.3, 0.4) is 0 Å². The summed E-state index contributed by atoms with van der Waals surface area (Å²) in [5.74, 6) is -1.01. The second kappa shape index (κ2) is 6.05. The van der Waals surface area contributed by atoms with Crippen LogP contribution in [0.15, 0.2) is 17.2 Å². The van der Waals surface area contributed by atoms with Crippen molar-refractivity contribution in [1.82, 2.24) is 0 Å². The Morgan fingerprint density at radius 2 is 1.77 bits per heavy atom. The molecule has 3 amide bonds. The van der Waals surface area contributed by atoms with E-state index in [-0.39, 0.29) is 35.5 Å². The zero-order chi connectivity index (χ0) is 18.7. The first-order chi connectivity index (χ1) is 12.4. The number of thiophene rings is 1. The molecule has 2 saturated carbocycles. The minimum atomic E-state index is -0.579. The Bertz CT molecular complexity index is 817. The lowest BCUT2D eigenvalue weighted by Gasteiger charge is -2.18. The van der Waals surface area contributed by atoms with Gasteiger partial charge in [-0.05, 0) is 51.0 Å². The van der Waals surface area contributed by atoms with Gasteiger partial charge in [0.15, 0.2) is 0 Å². The summed E-state index contributed by atoms with van der Waals surface area (Å²) >= 11 is 1.36. The predicted molar refractivity (Wildman–Crippen MR) is 101 cm³/mol. The lowest BCUT2D eigenvalue weighted by Crippen LogP contribution is -2.34. The zero-order valence-corrected chi connectivity index (χ0v) is 16.2. The van der Waals surface area contributed by atoms with Crippen LogP contribution in [0.2, 0.25) is 0 Å². The molecule has 3 fully saturated rings. The fraction of sp³-hybridized carbons (Fsp3) is 0.550. The number of anilines is 1. The topological polar surface area (TPSA) is 80.5 Å². The number of fused-ring (bicyclic) bond motifs is 5. The molecule has 2 bridgehead atoms. The Kier molecular flexibility index (Phi) is 4.06. The quantitative estimate of drug-likeness (QED) is 0.650. The molecule has 2 N–H and O–H groups in total. The minimum absolute atomic E-state index is 0.140. The molecule has 1 aliphatic heterocycles. The van der Waals surface area contributed by atoms with Gasteiger partial charge in [-0.25, -0.2) is 4.90 Å². The van der Waals surface area contributed by atoms with Gasteiger partial charge in [0.25, 0.3) is 5.91 Å². The highest BCUT2D eigenvalue weighted by Gasteiger charge is 2.64. The van der Waals surface area contributed by atoms with Crippen LogP contribution in [0.5, 0.6) is 0 Å². The molecule has 138 valence electrons. The Hall–Kier alpha value is -1.95. The van der Waals surface area contributed by atoms with Gasteiger partial charge in [0.2, 0.25) is 11.8 Å². The van der Waals surface area contributed by atoms with Crippen molar-refractivity contribution in [2.75, 3.05) is 4.90 Å². The van der Waals surface area contributed by atoms with Gasteiger partial charge in [-0.3, -0.25) is 14.4 Å². The van der Waals surface area contributed by atoms with Gasteiger partial charge >= 0.3 is 0 Å². The molecule has 6 heteroatoms. The van der Waals surface area contributed by atoms with Crippen LogP contribution >= 0.6 is 11.3 Å². The normalized spacial score (nSPS) is 29.7. The summed E-state index contributed by atoms with van der Waals surface area (Å²) in [7, 11) is 0. The van der Waals surface area contributed by atoms with Gasteiger partial charge in [-0.15, -0.1) is 11.3 Å². The molecule has 0 aromatic carbocycles. The molecule has 1 aromatic rings. The molecule has 4 atom stereocenters. The van der Waals surface area contributed by atoms with E-state index in [0.717, 1.165) is 30.6 Å². The van der Waals surface area contributed by atoms with Gasteiger partial charge in [0.05, 0.1) is 17.4 Å². The predicted octanol–water partition coefficient (Wildman–Crippen LogP) is 3.28. The number of hydrogen-bond acceptors (Lipinski definition) is 4. The highest BCUT2D eigenvalue weighted by Crippen LogP contribution is 2.60. The minimum Gasteiger partial charge on any atom is -0.366 e. The van der Waals surface area contributed by atoms with Crippen LogP contribution in [-0.4, -0.2) is 17.7 Å². The monoisotopic (exact) mass is 372 g/mol. The average molecular weight is 372 g/mol. The van der Waals surface area contributed by atoms with E-state index < -0.39 is 5.91 Å². The van der Waals surface area contributed by atoms with Gasteiger partial charge < -0.3 is 5.73 Å². The van der Waals surface area contributed by atoms with Crippen molar-refractivity contribution in [3.8, 4) is 0 Å². The third-order valence-electron chi connectivity index (χ3n) is 6.16. The van der Waals surface area contributed by atoms with Crippen LogP contribution in [0.25, 0.3) is 0 Å². The van der Waals surface area contributed by atoms with Crippen LogP contribution < -0.4 is 10.6 Å². The number of nitrogens with zero attached hydrogens (tertiary/aromatic N) is 1. The standard InChI is InChI=1S/C20H24N2O3S/c1-4-5-10-8-13(17(21)23)20(26-10)22-18(24)15-11-6-7-12(14(11)9(2)3)16(15)19(22)25/h8,11-12,15-16H,4-7H2,1-3H3,(H2,21,23)/t11-,12+,15-,16-/m0/s1. The van der Waals surface area contributed by atoms with Gasteiger partial charge in [0.1, 0.15) is 5.00 Å². The fourth-order valence-corrected chi connectivity index (χ4v) is 6.61. The molecule has 0 unspecified atom stereocenters. The van der Waals surface area contributed by atoms with Crippen molar-refractivity contribution < 1.29 is 14.4 Å². The lowest BCUT2D eigenvalue weighted by molar-refractivity contribution is -0.122. The number of carbonyl (C=O) groups is 3. The second-order valence-corrected chi connectivity index (χ2v) is 8.97. The Morgan fingerprint density at radius 1 is 1.19 bits per heavy atom. The van der Waals surface area contributed by atoms with Crippen molar-refractivity contribution in [2.24, 2.45) is 29.4 Å². The maximum atomic E-state index is 13.2. The van der Waals surface area contributed by atoms with E-state index in [4.69, 9.17) is 5.73 Å². The largest absolute Gasteiger partial charge is 0.366 e. The Balaban J connectivity index is 1.76. The zero-order valence-electron chi connectivity index (χ0n) is 15.4. The number of primary amides is 1. The number of hydrogen-bond donors (Lipinski definition) is 1. The van der Waals surface area contributed by atoms with E-state index in [1.807, 2.05) is 0 Å². The highest BCUT2D eigenvalue weighted by atomic mass is 32.1. The van der Waals surface area contributed by atoms with Crippen LogP contribution in [0, 0.1) is 23.7 Å². The Morgan fingerprint density at radius 3 is 2.23 bits per heavy atom. The first kappa shape index (κ1) is 17.5. The third kappa shape index (κ3) is 2.24. The van der Waals surface area contributed by atoms with Crippen molar-refractivity contribution in [3.05, 3.63) is 27.7 Å². The van der Waals surface area contributed by atoms with E-state index in [2.05, 4.69) is 20.8 Å². The summed E-state index contributed by atoms with van der Waals surface area (Å²) in [6.45, 7) is 6.21. The number of nitrogens with two attached hydrogens (primary N) is 1. The highest BCUT2D eigenvalue weighted by molar-refractivity contribution is 7.17. The van der Waals surface area contributed by atoms with E-state index in [1.165, 1.54) is 27.4 Å². The summed E-state index contributed by atoms with van der Waals surface area (Å²) in [6.07, 6.45) is 3.70. The molecule has 0 spiro atoms. The van der Waals surface area contributed by atoms with Crippen molar-refractivity contribution >= 4 is 34.1 Å².